The van der Waals surface area contributed by atoms with Crippen molar-refractivity contribution in [2.75, 3.05) is 10.8 Å². The van der Waals surface area contributed by atoms with Gasteiger partial charge in [0, 0.05) is 6.54 Å². The van der Waals surface area contributed by atoms with Crippen LogP contribution in [0.1, 0.15) is 17.4 Å². The highest BCUT2D eigenvalue weighted by Gasteiger charge is 2.26. The highest BCUT2D eigenvalue weighted by molar-refractivity contribution is 9.11. The molecule has 21 heavy (non-hydrogen) atoms. The lowest BCUT2D eigenvalue weighted by Crippen LogP contribution is -2.31. The van der Waals surface area contributed by atoms with E-state index in [9.17, 15) is 13.2 Å². The number of rotatable bonds is 5. The van der Waals surface area contributed by atoms with Gasteiger partial charge in [-0.25, -0.2) is 22.5 Å². The van der Waals surface area contributed by atoms with Crippen molar-refractivity contribution in [3.05, 3.63) is 39.8 Å². The number of carbonyl (C=O) groups is 1. The molecule has 0 amide bonds. The van der Waals surface area contributed by atoms with E-state index < -0.39 is 16.0 Å². The van der Waals surface area contributed by atoms with Gasteiger partial charge in [0.1, 0.15) is 10.0 Å². The number of pyridine rings is 1. The number of thiophene rings is 1. The predicted octanol–water partition coefficient (Wildman–Crippen LogP) is 2.82. The number of nitrogens with zero attached hydrogens (tertiary/aromatic N) is 2. The summed E-state index contributed by atoms with van der Waals surface area (Å²) in [6.45, 7) is 1.81. The second-order valence-corrected chi connectivity index (χ2v) is 8.47. The van der Waals surface area contributed by atoms with E-state index in [1.807, 2.05) is 0 Å². The molecule has 2 rings (SSSR count). The van der Waals surface area contributed by atoms with Crippen molar-refractivity contribution in [1.29, 1.82) is 0 Å². The maximum Gasteiger partial charge on any atom is 0.354 e. The number of aromatic nitrogens is 1. The monoisotopic (exact) mass is 390 g/mol. The van der Waals surface area contributed by atoms with Gasteiger partial charge in [-0.3, -0.25) is 0 Å². The zero-order valence-electron chi connectivity index (χ0n) is 10.9. The number of hydrogen-bond donors (Lipinski definition) is 1. The molecule has 2 heterocycles. The third kappa shape index (κ3) is 3.25. The first-order chi connectivity index (χ1) is 9.86. The van der Waals surface area contributed by atoms with E-state index in [0.29, 0.717) is 3.79 Å². The van der Waals surface area contributed by atoms with Crippen molar-refractivity contribution in [3.8, 4) is 0 Å². The highest BCUT2D eigenvalue weighted by Crippen LogP contribution is 2.30. The van der Waals surface area contributed by atoms with E-state index in [1.165, 1.54) is 24.3 Å². The average molecular weight is 391 g/mol. The predicted molar refractivity (Wildman–Crippen MR) is 83.4 cm³/mol. The summed E-state index contributed by atoms with van der Waals surface area (Å²) in [6.07, 6.45) is 0. The Morgan fingerprint density at radius 3 is 2.62 bits per heavy atom. The van der Waals surface area contributed by atoms with Crippen LogP contribution in [0.5, 0.6) is 0 Å². The Hall–Kier alpha value is -1.45. The van der Waals surface area contributed by atoms with Crippen molar-refractivity contribution in [2.45, 2.75) is 11.1 Å². The van der Waals surface area contributed by atoms with Gasteiger partial charge in [-0.1, -0.05) is 6.07 Å². The first-order valence-electron chi connectivity index (χ1n) is 5.84. The maximum absolute atomic E-state index is 12.6. The lowest BCUT2D eigenvalue weighted by Gasteiger charge is -2.20. The molecule has 0 saturated heterocycles. The molecule has 0 aliphatic carbocycles. The third-order valence-electron chi connectivity index (χ3n) is 2.59. The minimum absolute atomic E-state index is 0.0851. The molecule has 0 aliphatic rings. The number of carboxylic acid groups (broad SMARTS) is 1. The van der Waals surface area contributed by atoms with Crippen LogP contribution in [0, 0.1) is 0 Å². The van der Waals surface area contributed by atoms with E-state index in [-0.39, 0.29) is 22.3 Å². The molecule has 6 nitrogen and oxygen atoms in total. The summed E-state index contributed by atoms with van der Waals surface area (Å²) >= 11 is 4.31. The summed E-state index contributed by atoms with van der Waals surface area (Å²) in [5.41, 5.74) is -0.200. The molecular weight excluding hydrogens is 380 g/mol. The van der Waals surface area contributed by atoms with Gasteiger partial charge in [-0.2, -0.15) is 0 Å². The van der Waals surface area contributed by atoms with Gasteiger partial charge >= 0.3 is 5.97 Å². The van der Waals surface area contributed by atoms with Crippen molar-refractivity contribution < 1.29 is 18.3 Å². The average Bonchev–Trinajstić information content (AvgIpc) is 2.87. The van der Waals surface area contributed by atoms with E-state index in [4.69, 9.17) is 5.11 Å². The molecule has 0 bridgehead atoms. The molecular formula is C12H11BrN2O4S2. The Kier molecular flexibility index (Phi) is 4.64. The molecule has 2 aromatic rings. The maximum atomic E-state index is 12.6. The largest absolute Gasteiger partial charge is 0.477 e. The number of anilines is 1. The van der Waals surface area contributed by atoms with Crippen molar-refractivity contribution >= 4 is 49.1 Å². The fraction of sp³-hybridized carbons (Fsp3) is 0.167. The Morgan fingerprint density at radius 2 is 2.10 bits per heavy atom. The van der Waals surface area contributed by atoms with Crippen LogP contribution in [-0.4, -0.2) is 31.0 Å². The zero-order chi connectivity index (χ0) is 15.6. The molecule has 0 fully saturated rings. The van der Waals surface area contributed by atoms with E-state index in [1.54, 1.807) is 13.0 Å². The van der Waals surface area contributed by atoms with Crippen molar-refractivity contribution in [1.82, 2.24) is 4.98 Å². The van der Waals surface area contributed by atoms with Crippen LogP contribution in [-0.2, 0) is 10.0 Å². The summed E-state index contributed by atoms with van der Waals surface area (Å²) in [5, 5.41) is 8.95. The van der Waals surface area contributed by atoms with Crippen molar-refractivity contribution in [2.24, 2.45) is 0 Å². The van der Waals surface area contributed by atoms with Gasteiger partial charge in [-0.15, -0.1) is 11.3 Å². The zero-order valence-corrected chi connectivity index (χ0v) is 14.1. The molecule has 0 radical (unpaired) electrons. The van der Waals surface area contributed by atoms with Gasteiger partial charge in [0.2, 0.25) is 0 Å². The number of aromatic carboxylic acids is 1. The lowest BCUT2D eigenvalue weighted by molar-refractivity contribution is 0.0690. The summed E-state index contributed by atoms with van der Waals surface area (Å²) in [4.78, 5) is 14.8. The molecule has 9 heteroatoms. The third-order valence-corrected chi connectivity index (χ3v) is 6.56. The molecule has 0 spiro atoms. The van der Waals surface area contributed by atoms with Crippen LogP contribution in [0.3, 0.4) is 0 Å². The Bertz CT molecular complexity index is 773. The number of halogens is 1. The normalized spacial score (nSPS) is 11.3. The fourth-order valence-electron chi connectivity index (χ4n) is 1.68. The molecule has 0 aliphatic heterocycles. The second-order valence-electron chi connectivity index (χ2n) is 3.91. The first-order valence-corrected chi connectivity index (χ1v) is 8.89. The first kappa shape index (κ1) is 15.9. The SMILES string of the molecule is CCN(c1cccc(C(=O)O)n1)S(=O)(=O)c1ccc(Br)s1. The summed E-state index contributed by atoms with van der Waals surface area (Å²) in [7, 11) is -3.76. The number of sulfonamides is 1. The molecule has 112 valence electrons. The lowest BCUT2D eigenvalue weighted by atomic mass is 10.3. The molecule has 0 atom stereocenters. The van der Waals surface area contributed by atoms with Crippen LogP contribution in [0.4, 0.5) is 5.82 Å². The fourth-order valence-corrected chi connectivity index (χ4v) is 5.23. The van der Waals surface area contributed by atoms with Gasteiger partial charge < -0.3 is 5.11 Å². The summed E-state index contributed by atoms with van der Waals surface area (Å²) < 4.78 is 27.1. The van der Waals surface area contributed by atoms with Crippen molar-refractivity contribution in [3.63, 3.8) is 0 Å². The summed E-state index contributed by atoms with van der Waals surface area (Å²) in [6, 6.07) is 7.39. The molecule has 1 N–H and O–H groups in total. The summed E-state index contributed by atoms with van der Waals surface area (Å²) in [5.74, 6) is -1.12. The van der Waals surface area contributed by atoms with Crippen LogP contribution < -0.4 is 4.31 Å². The Labute approximate surface area is 134 Å². The van der Waals surface area contributed by atoms with Gasteiger partial charge in [-0.05, 0) is 47.1 Å². The van der Waals surface area contributed by atoms with Gasteiger partial charge in [0.15, 0.2) is 5.69 Å². The van der Waals surface area contributed by atoms with Gasteiger partial charge in [0.25, 0.3) is 10.0 Å². The van der Waals surface area contributed by atoms with E-state index >= 15 is 0 Å². The Morgan fingerprint density at radius 1 is 1.38 bits per heavy atom. The van der Waals surface area contributed by atoms with Gasteiger partial charge in [0.05, 0.1) is 3.79 Å². The molecule has 0 saturated carbocycles. The van der Waals surface area contributed by atoms with E-state index in [2.05, 4.69) is 20.9 Å². The topological polar surface area (TPSA) is 87.6 Å². The van der Waals surface area contributed by atoms with E-state index in [0.717, 1.165) is 15.6 Å². The minimum Gasteiger partial charge on any atom is -0.477 e. The molecule has 0 aromatic carbocycles. The second kappa shape index (κ2) is 6.12. The van der Waals surface area contributed by atoms with Crippen LogP contribution in [0.25, 0.3) is 0 Å². The smallest absolute Gasteiger partial charge is 0.354 e. The van der Waals surface area contributed by atoms with Crippen LogP contribution in [0.15, 0.2) is 38.3 Å². The molecule has 2 aromatic heterocycles. The Balaban J connectivity index is 2.49. The van der Waals surface area contributed by atoms with Crippen LogP contribution in [0.2, 0.25) is 0 Å². The highest BCUT2D eigenvalue weighted by atomic mass is 79.9. The van der Waals surface area contributed by atoms with Crippen LogP contribution >= 0.6 is 27.3 Å². The molecule has 0 unspecified atom stereocenters. The minimum atomic E-state index is -3.76. The standard InChI is InChI=1S/C12H11BrN2O4S2/c1-2-15(10-5-3-4-8(14-10)12(16)17)21(18,19)11-7-6-9(13)20-11/h3-7H,2H2,1H3,(H,16,17). The number of hydrogen-bond acceptors (Lipinski definition) is 5. The quantitative estimate of drug-likeness (QED) is 0.847. The number of carboxylic acids is 1.